The third-order valence-electron chi connectivity index (χ3n) is 1.97. The topological polar surface area (TPSA) is 20.2 Å². The van der Waals surface area contributed by atoms with Crippen LogP contribution in [0, 0.1) is 0 Å². The van der Waals surface area contributed by atoms with Gasteiger partial charge in [-0.15, -0.1) is 0 Å². The highest BCUT2D eigenvalue weighted by atomic mass is 35.5. The summed E-state index contributed by atoms with van der Waals surface area (Å²) in [5, 5.41) is 10.3. The molecule has 0 bridgehead atoms. The first-order valence-corrected chi connectivity index (χ1v) is 4.76. The summed E-state index contributed by atoms with van der Waals surface area (Å²) in [5.74, 6) is 0. The van der Waals surface area contributed by atoms with E-state index < -0.39 is 6.10 Å². The zero-order chi connectivity index (χ0) is 9.84. The highest BCUT2D eigenvalue weighted by molar-refractivity contribution is 6.36. The molecule has 1 atom stereocenters. The number of hydrogen-bond acceptors (Lipinski definition) is 1. The molecule has 3 heteroatoms. The fraction of sp³-hybridized carbons (Fsp3) is 0.400. The van der Waals surface area contributed by atoms with Gasteiger partial charge >= 0.3 is 0 Å². The first-order valence-electron chi connectivity index (χ1n) is 4.38. The third-order valence-corrected chi connectivity index (χ3v) is 2.21. The lowest BCUT2D eigenvalue weighted by molar-refractivity contribution is 0.167. The van der Waals surface area contributed by atoms with Crippen molar-refractivity contribution in [2.75, 3.05) is 0 Å². The Morgan fingerprint density at radius 1 is 1.54 bits per heavy atom. The highest BCUT2D eigenvalue weighted by Crippen LogP contribution is 2.17. The van der Waals surface area contributed by atoms with E-state index in [9.17, 15) is 5.11 Å². The van der Waals surface area contributed by atoms with Crippen LogP contribution in [0.4, 0.5) is 0 Å². The summed E-state index contributed by atoms with van der Waals surface area (Å²) in [7, 11) is 5.71. The van der Waals surface area contributed by atoms with Gasteiger partial charge in [0.2, 0.25) is 0 Å². The molecule has 0 amide bonds. The van der Waals surface area contributed by atoms with Gasteiger partial charge in [0.15, 0.2) is 0 Å². The molecule has 0 aliphatic heterocycles. The first kappa shape index (κ1) is 10.6. The molecule has 0 aliphatic carbocycles. The average molecular weight is 194 g/mol. The van der Waals surface area contributed by atoms with E-state index >= 15 is 0 Å². The predicted octanol–water partition coefficient (Wildman–Crippen LogP) is 1.97. The van der Waals surface area contributed by atoms with Crippen LogP contribution in [-0.2, 0) is 0 Å². The molecule has 0 saturated carbocycles. The molecule has 0 spiro atoms. The van der Waals surface area contributed by atoms with Crippen molar-refractivity contribution < 1.29 is 5.11 Å². The van der Waals surface area contributed by atoms with E-state index in [1.165, 1.54) is 0 Å². The van der Waals surface area contributed by atoms with Crippen molar-refractivity contribution in [2.45, 2.75) is 25.9 Å². The quantitative estimate of drug-likeness (QED) is 0.730. The van der Waals surface area contributed by atoms with Crippen LogP contribution in [0.5, 0.6) is 0 Å². The van der Waals surface area contributed by atoms with E-state index in [0.29, 0.717) is 10.5 Å². The largest absolute Gasteiger partial charge is 0.388 e. The van der Waals surface area contributed by atoms with E-state index in [0.717, 1.165) is 18.4 Å². The Kier molecular flexibility index (Phi) is 3.82. The van der Waals surface area contributed by atoms with Gasteiger partial charge in [-0.1, -0.05) is 42.5 Å². The van der Waals surface area contributed by atoms with E-state index in [2.05, 4.69) is 0 Å². The van der Waals surface area contributed by atoms with Gasteiger partial charge in [-0.05, 0) is 18.1 Å². The molecule has 0 aromatic heterocycles. The van der Waals surface area contributed by atoms with Crippen molar-refractivity contribution in [2.24, 2.45) is 0 Å². The summed E-state index contributed by atoms with van der Waals surface area (Å²) >= 11 is 5.74. The maximum absolute atomic E-state index is 9.67. The minimum atomic E-state index is -0.470. The van der Waals surface area contributed by atoms with Gasteiger partial charge in [-0.2, -0.15) is 0 Å². The molecule has 2 radical (unpaired) electrons. The van der Waals surface area contributed by atoms with Crippen LogP contribution in [0.15, 0.2) is 18.2 Å². The van der Waals surface area contributed by atoms with Crippen molar-refractivity contribution in [3.05, 3.63) is 28.8 Å². The van der Waals surface area contributed by atoms with Gasteiger partial charge in [0.05, 0.1) is 6.10 Å². The maximum atomic E-state index is 9.67. The molecule has 0 heterocycles. The van der Waals surface area contributed by atoms with Crippen molar-refractivity contribution in [1.82, 2.24) is 0 Å². The highest BCUT2D eigenvalue weighted by Gasteiger charge is 2.08. The molecule has 1 rings (SSSR count). The molecule has 13 heavy (non-hydrogen) atoms. The Bertz CT molecular complexity index is 288. The zero-order valence-corrected chi connectivity index (χ0v) is 8.38. The van der Waals surface area contributed by atoms with Crippen molar-refractivity contribution in [3.8, 4) is 0 Å². The lowest BCUT2D eigenvalue weighted by Gasteiger charge is -2.12. The van der Waals surface area contributed by atoms with E-state index in [1.54, 1.807) is 18.2 Å². The van der Waals surface area contributed by atoms with Crippen LogP contribution < -0.4 is 5.46 Å². The second-order valence-electron chi connectivity index (χ2n) is 3.08. The fourth-order valence-electron chi connectivity index (χ4n) is 1.28. The molecule has 1 nitrogen and oxygen atoms in total. The number of aliphatic hydroxyl groups excluding tert-OH is 1. The summed E-state index contributed by atoms with van der Waals surface area (Å²) in [6.07, 6.45) is 1.19. The number of benzene rings is 1. The van der Waals surface area contributed by atoms with Gasteiger partial charge in [0.1, 0.15) is 7.85 Å². The van der Waals surface area contributed by atoms with Gasteiger partial charge in [-0.25, -0.2) is 0 Å². The van der Waals surface area contributed by atoms with Crippen LogP contribution in [0.1, 0.15) is 31.4 Å². The summed E-state index contributed by atoms with van der Waals surface area (Å²) in [6, 6.07) is 5.18. The summed E-state index contributed by atoms with van der Waals surface area (Å²) < 4.78 is 0. The summed E-state index contributed by atoms with van der Waals surface area (Å²) in [6.45, 7) is 2.02. The molecule has 0 aliphatic rings. The van der Waals surface area contributed by atoms with Crippen molar-refractivity contribution in [3.63, 3.8) is 0 Å². The average Bonchev–Trinajstić information content (AvgIpc) is 2.04. The smallest absolute Gasteiger partial charge is 0.114 e. The Labute approximate surface area is 85.1 Å². The molecule has 1 aromatic rings. The lowest BCUT2D eigenvalue weighted by atomic mass is 9.87. The Morgan fingerprint density at radius 2 is 2.23 bits per heavy atom. The number of rotatable bonds is 3. The van der Waals surface area contributed by atoms with Gasteiger partial charge in [-0.3, -0.25) is 0 Å². The monoisotopic (exact) mass is 194 g/mol. The van der Waals surface area contributed by atoms with Crippen LogP contribution >= 0.6 is 11.6 Å². The number of hydrogen-bond donors (Lipinski definition) is 1. The molecule has 0 saturated heterocycles. The molecule has 1 N–H and O–H groups in total. The van der Waals surface area contributed by atoms with Crippen LogP contribution in [0.3, 0.4) is 0 Å². The number of aliphatic hydroxyl groups is 1. The van der Waals surface area contributed by atoms with Crippen LogP contribution in [0.25, 0.3) is 0 Å². The second kappa shape index (κ2) is 4.68. The lowest BCUT2D eigenvalue weighted by Crippen LogP contribution is -2.14. The molecule has 1 aromatic carbocycles. The Hall–Kier alpha value is -0.465. The Morgan fingerprint density at radius 3 is 2.77 bits per heavy atom. The van der Waals surface area contributed by atoms with Crippen molar-refractivity contribution >= 4 is 24.9 Å². The summed E-state index contributed by atoms with van der Waals surface area (Å²) in [5.41, 5.74) is 1.33. The van der Waals surface area contributed by atoms with E-state index in [-0.39, 0.29) is 0 Å². The third kappa shape index (κ3) is 2.75. The maximum Gasteiger partial charge on any atom is 0.114 e. The second-order valence-corrected chi connectivity index (χ2v) is 3.51. The fourth-order valence-corrected chi connectivity index (χ4v) is 1.46. The normalized spacial score (nSPS) is 12.8. The van der Waals surface area contributed by atoms with Crippen molar-refractivity contribution in [1.29, 1.82) is 0 Å². The molecular formula is C10H12BClO. The van der Waals surface area contributed by atoms with Crippen LogP contribution in [-0.4, -0.2) is 13.0 Å². The molecule has 0 fully saturated rings. The molecule has 0 unspecified atom stereocenters. The van der Waals surface area contributed by atoms with E-state index in [4.69, 9.17) is 19.4 Å². The van der Waals surface area contributed by atoms with E-state index in [1.807, 2.05) is 6.92 Å². The molecule has 68 valence electrons. The predicted molar refractivity (Wildman–Crippen MR) is 56.7 cm³/mol. The minimum absolute atomic E-state index is 0.470. The van der Waals surface area contributed by atoms with Crippen LogP contribution in [0.2, 0.25) is 5.02 Å². The van der Waals surface area contributed by atoms with Gasteiger partial charge in [0, 0.05) is 5.02 Å². The zero-order valence-electron chi connectivity index (χ0n) is 7.63. The Balaban J connectivity index is 2.88. The molecular weight excluding hydrogens is 182 g/mol. The summed E-state index contributed by atoms with van der Waals surface area (Å²) in [4.78, 5) is 0. The number of halogens is 1. The van der Waals surface area contributed by atoms with Gasteiger partial charge in [0.25, 0.3) is 0 Å². The first-order chi connectivity index (χ1) is 6.15. The SMILES string of the molecule is [B]c1cc(Cl)ccc1[C@H](O)CCC. The minimum Gasteiger partial charge on any atom is -0.388 e. The van der Waals surface area contributed by atoms with Gasteiger partial charge < -0.3 is 5.11 Å². The standard InChI is InChI=1S/C10H12BClO/c1-2-3-10(13)8-5-4-7(12)6-9(8)11/h4-6,10,13H,2-3H2,1H3/t10-/m1/s1.